The van der Waals surface area contributed by atoms with Crippen LogP contribution in [0.3, 0.4) is 0 Å². The molecule has 2 rings (SSSR count). The number of rotatable bonds is 6. The van der Waals surface area contributed by atoms with E-state index in [2.05, 4.69) is 21.6 Å². The molecular formula is C16H22N4OS. The molecule has 118 valence electrons. The van der Waals surface area contributed by atoms with Crippen molar-refractivity contribution >= 4 is 18.1 Å². The number of aromatic amines is 1. The fraction of sp³-hybridized carbons (Fsp3) is 0.438. The molecule has 0 radical (unpaired) electrons. The molecular weight excluding hydrogens is 296 g/mol. The normalized spacial score (nSPS) is 12.1. The monoisotopic (exact) mass is 318 g/mol. The summed E-state index contributed by atoms with van der Waals surface area (Å²) in [7, 11) is 0. The molecule has 1 atom stereocenters. The number of nitrogens with zero attached hydrogens (tertiary/aromatic N) is 2. The molecule has 2 N–H and O–H groups in total. The summed E-state index contributed by atoms with van der Waals surface area (Å²) in [6, 6.07) is 8.27. The average molecular weight is 318 g/mol. The van der Waals surface area contributed by atoms with Crippen molar-refractivity contribution in [2.45, 2.75) is 46.2 Å². The number of amides is 1. The van der Waals surface area contributed by atoms with E-state index in [-0.39, 0.29) is 11.9 Å². The first kappa shape index (κ1) is 16.4. The van der Waals surface area contributed by atoms with E-state index in [1.165, 1.54) is 0 Å². The Bertz CT molecular complexity index is 704. The predicted molar refractivity (Wildman–Crippen MR) is 90.1 cm³/mol. The van der Waals surface area contributed by atoms with Gasteiger partial charge in [0.25, 0.3) is 0 Å². The number of benzene rings is 1. The number of carbonyl (C=O) groups excluding carboxylic acids is 1. The topological polar surface area (TPSA) is 62.7 Å². The second kappa shape index (κ2) is 7.35. The first-order valence-electron chi connectivity index (χ1n) is 7.53. The van der Waals surface area contributed by atoms with E-state index in [9.17, 15) is 4.79 Å². The Kier molecular flexibility index (Phi) is 5.49. The third-order valence-corrected chi connectivity index (χ3v) is 3.93. The van der Waals surface area contributed by atoms with Crippen molar-refractivity contribution in [2.24, 2.45) is 0 Å². The SMILES string of the molecule is CCC(C)NC(=O)CCn1c(-c2cccc(C)c2)n[nH]c1=S. The van der Waals surface area contributed by atoms with E-state index in [1.54, 1.807) is 0 Å². The molecule has 0 aliphatic rings. The van der Waals surface area contributed by atoms with Gasteiger partial charge in [-0.25, -0.2) is 0 Å². The van der Waals surface area contributed by atoms with Crippen LogP contribution in [0.15, 0.2) is 24.3 Å². The van der Waals surface area contributed by atoms with Gasteiger partial charge in [0.15, 0.2) is 10.6 Å². The zero-order valence-corrected chi connectivity index (χ0v) is 14.0. The second-order valence-corrected chi connectivity index (χ2v) is 5.89. The van der Waals surface area contributed by atoms with E-state index in [1.807, 2.05) is 43.5 Å². The first-order chi connectivity index (χ1) is 10.5. The average Bonchev–Trinajstić information content (AvgIpc) is 2.86. The van der Waals surface area contributed by atoms with Crippen molar-refractivity contribution in [1.82, 2.24) is 20.1 Å². The number of carbonyl (C=O) groups is 1. The van der Waals surface area contributed by atoms with E-state index in [0.29, 0.717) is 17.7 Å². The summed E-state index contributed by atoms with van der Waals surface area (Å²) in [6.07, 6.45) is 1.31. The molecule has 0 fully saturated rings. The standard InChI is InChI=1S/C16H22N4OS/c1-4-12(3)17-14(21)8-9-20-15(18-19-16(20)22)13-7-5-6-11(2)10-13/h5-7,10,12H,4,8-9H2,1-3H3,(H,17,21)(H,19,22). The van der Waals surface area contributed by atoms with Crippen molar-refractivity contribution in [3.63, 3.8) is 0 Å². The van der Waals surface area contributed by atoms with Gasteiger partial charge in [-0.1, -0.05) is 30.7 Å². The Labute approximate surface area is 135 Å². The minimum atomic E-state index is 0.0349. The highest BCUT2D eigenvalue weighted by atomic mass is 32.1. The zero-order chi connectivity index (χ0) is 16.1. The molecule has 22 heavy (non-hydrogen) atoms. The molecule has 1 aromatic carbocycles. The molecule has 1 heterocycles. The summed E-state index contributed by atoms with van der Waals surface area (Å²) in [4.78, 5) is 11.9. The molecule has 0 aliphatic carbocycles. The second-order valence-electron chi connectivity index (χ2n) is 5.50. The number of aromatic nitrogens is 3. The van der Waals surface area contributed by atoms with Crippen LogP contribution >= 0.6 is 12.2 Å². The van der Waals surface area contributed by atoms with Crippen LogP contribution in [0.4, 0.5) is 0 Å². The van der Waals surface area contributed by atoms with Gasteiger partial charge in [0.1, 0.15) is 0 Å². The summed E-state index contributed by atoms with van der Waals surface area (Å²) in [5, 5.41) is 10.1. The highest BCUT2D eigenvalue weighted by Crippen LogP contribution is 2.18. The molecule has 0 bridgehead atoms. The van der Waals surface area contributed by atoms with Gasteiger partial charge in [-0.3, -0.25) is 14.5 Å². The van der Waals surface area contributed by atoms with Gasteiger partial charge in [-0.05, 0) is 38.6 Å². The molecule has 0 saturated carbocycles. The van der Waals surface area contributed by atoms with Crippen molar-refractivity contribution in [3.8, 4) is 11.4 Å². The van der Waals surface area contributed by atoms with E-state index < -0.39 is 0 Å². The lowest BCUT2D eigenvalue weighted by molar-refractivity contribution is -0.121. The Morgan fingerprint density at radius 3 is 2.95 bits per heavy atom. The summed E-state index contributed by atoms with van der Waals surface area (Å²) >= 11 is 5.28. The van der Waals surface area contributed by atoms with Gasteiger partial charge < -0.3 is 5.32 Å². The van der Waals surface area contributed by atoms with Crippen LogP contribution in [0.2, 0.25) is 0 Å². The molecule has 5 nitrogen and oxygen atoms in total. The van der Waals surface area contributed by atoms with Crippen LogP contribution in [0.1, 0.15) is 32.3 Å². The summed E-state index contributed by atoms with van der Waals surface area (Å²) < 4.78 is 2.41. The smallest absolute Gasteiger partial charge is 0.222 e. The lowest BCUT2D eigenvalue weighted by Gasteiger charge is -2.12. The highest BCUT2D eigenvalue weighted by molar-refractivity contribution is 7.71. The number of hydrogen-bond acceptors (Lipinski definition) is 3. The maximum absolute atomic E-state index is 11.9. The van der Waals surface area contributed by atoms with Gasteiger partial charge in [-0.2, -0.15) is 5.10 Å². The van der Waals surface area contributed by atoms with Crippen LogP contribution < -0.4 is 5.32 Å². The zero-order valence-electron chi connectivity index (χ0n) is 13.2. The molecule has 2 aromatic rings. The van der Waals surface area contributed by atoms with Crippen LogP contribution in [0, 0.1) is 11.7 Å². The molecule has 0 saturated heterocycles. The van der Waals surface area contributed by atoms with Crippen LogP contribution in [0.25, 0.3) is 11.4 Å². The van der Waals surface area contributed by atoms with Crippen LogP contribution in [-0.4, -0.2) is 26.7 Å². The number of H-pyrrole nitrogens is 1. The van der Waals surface area contributed by atoms with Gasteiger partial charge in [-0.15, -0.1) is 0 Å². The van der Waals surface area contributed by atoms with Crippen LogP contribution in [0.5, 0.6) is 0 Å². The van der Waals surface area contributed by atoms with E-state index >= 15 is 0 Å². The van der Waals surface area contributed by atoms with Crippen molar-refractivity contribution < 1.29 is 4.79 Å². The van der Waals surface area contributed by atoms with Gasteiger partial charge in [0.05, 0.1) is 0 Å². The van der Waals surface area contributed by atoms with E-state index in [4.69, 9.17) is 12.2 Å². The largest absolute Gasteiger partial charge is 0.354 e. The molecule has 6 heteroatoms. The number of hydrogen-bond donors (Lipinski definition) is 2. The lowest BCUT2D eigenvalue weighted by atomic mass is 10.1. The lowest BCUT2D eigenvalue weighted by Crippen LogP contribution is -2.32. The maximum atomic E-state index is 11.9. The summed E-state index contributed by atoms with van der Waals surface area (Å²) in [6.45, 7) is 6.60. The van der Waals surface area contributed by atoms with Crippen molar-refractivity contribution in [3.05, 3.63) is 34.6 Å². The number of aryl methyl sites for hydroxylation is 1. The van der Waals surface area contributed by atoms with Gasteiger partial charge >= 0.3 is 0 Å². The Balaban J connectivity index is 2.14. The predicted octanol–water partition coefficient (Wildman–Crippen LogP) is 3.22. The molecule has 1 unspecified atom stereocenters. The Hall–Kier alpha value is -1.95. The Morgan fingerprint density at radius 2 is 2.27 bits per heavy atom. The van der Waals surface area contributed by atoms with Gasteiger partial charge in [0, 0.05) is 24.6 Å². The van der Waals surface area contributed by atoms with Crippen molar-refractivity contribution in [1.29, 1.82) is 0 Å². The Morgan fingerprint density at radius 1 is 1.50 bits per heavy atom. The minimum absolute atomic E-state index is 0.0349. The minimum Gasteiger partial charge on any atom is -0.354 e. The molecule has 0 spiro atoms. The molecule has 1 aromatic heterocycles. The summed E-state index contributed by atoms with van der Waals surface area (Å²) in [5.74, 6) is 0.803. The third-order valence-electron chi connectivity index (χ3n) is 3.62. The van der Waals surface area contributed by atoms with Crippen molar-refractivity contribution in [2.75, 3.05) is 0 Å². The fourth-order valence-corrected chi connectivity index (χ4v) is 2.42. The third kappa shape index (κ3) is 4.04. The maximum Gasteiger partial charge on any atom is 0.222 e. The van der Waals surface area contributed by atoms with Crippen LogP contribution in [-0.2, 0) is 11.3 Å². The highest BCUT2D eigenvalue weighted by Gasteiger charge is 2.11. The number of nitrogens with one attached hydrogen (secondary N) is 2. The van der Waals surface area contributed by atoms with Gasteiger partial charge in [0.2, 0.25) is 5.91 Å². The summed E-state index contributed by atoms with van der Waals surface area (Å²) in [5.41, 5.74) is 2.15. The first-order valence-corrected chi connectivity index (χ1v) is 7.93. The fourth-order valence-electron chi connectivity index (χ4n) is 2.19. The van der Waals surface area contributed by atoms with E-state index in [0.717, 1.165) is 23.4 Å². The quantitative estimate of drug-likeness (QED) is 0.804. The molecule has 1 amide bonds. The molecule has 0 aliphatic heterocycles.